The molecule has 0 saturated heterocycles. The zero-order valence-corrected chi connectivity index (χ0v) is 13.7. The Morgan fingerprint density at radius 3 is 2.95 bits per heavy atom. The van der Waals surface area contributed by atoms with Gasteiger partial charge >= 0.3 is 5.97 Å². The maximum atomic E-state index is 12.9. The van der Waals surface area contributed by atoms with Crippen LogP contribution in [-0.2, 0) is 17.8 Å². The van der Waals surface area contributed by atoms with E-state index in [2.05, 4.69) is 11.9 Å². The molecule has 22 heavy (non-hydrogen) atoms. The molecular formula is C16H20N2O3S. The number of carbonyl (C=O) groups is 1. The minimum absolute atomic E-state index is 0.0680. The molecule has 6 heteroatoms. The van der Waals surface area contributed by atoms with Gasteiger partial charge in [-0.1, -0.05) is 13.3 Å². The van der Waals surface area contributed by atoms with Crippen LogP contribution in [0, 0.1) is 6.92 Å². The lowest BCUT2D eigenvalue weighted by Crippen LogP contribution is -2.26. The van der Waals surface area contributed by atoms with E-state index in [1.54, 1.807) is 4.57 Å². The van der Waals surface area contributed by atoms with E-state index < -0.39 is 11.9 Å². The first-order valence-electron chi connectivity index (χ1n) is 7.80. The van der Waals surface area contributed by atoms with Gasteiger partial charge in [0.2, 0.25) is 0 Å². The van der Waals surface area contributed by atoms with Crippen molar-refractivity contribution >= 4 is 27.5 Å². The number of hydrogen-bond donors (Lipinski definition) is 1. The van der Waals surface area contributed by atoms with Gasteiger partial charge in [0.05, 0.1) is 11.3 Å². The summed E-state index contributed by atoms with van der Waals surface area (Å²) in [5.41, 5.74) is 0.670. The van der Waals surface area contributed by atoms with Crippen molar-refractivity contribution in [3.8, 4) is 0 Å². The highest BCUT2D eigenvalue weighted by molar-refractivity contribution is 7.18. The van der Waals surface area contributed by atoms with Crippen LogP contribution in [0.3, 0.4) is 0 Å². The number of thiophene rings is 1. The minimum atomic E-state index is -0.833. The van der Waals surface area contributed by atoms with Gasteiger partial charge in [-0.05, 0) is 38.2 Å². The smallest absolute Gasteiger partial charge is 0.311 e. The Kier molecular flexibility index (Phi) is 4.04. The topological polar surface area (TPSA) is 72.2 Å². The van der Waals surface area contributed by atoms with Gasteiger partial charge < -0.3 is 5.11 Å². The summed E-state index contributed by atoms with van der Waals surface area (Å²) in [7, 11) is 0. The summed E-state index contributed by atoms with van der Waals surface area (Å²) in [6, 6.07) is 0. The van der Waals surface area contributed by atoms with Gasteiger partial charge in [-0.25, -0.2) is 4.98 Å². The highest BCUT2D eigenvalue weighted by Gasteiger charge is 2.32. The third-order valence-corrected chi connectivity index (χ3v) is 5.55. The van der Waals surface area contributed by atoms with Gasteiger partial charge in [-0.2, -0.15) is 0 Å². The zero-order valence-electron chi connectivity index (χ0n) is 12.9. The molecule has 0 radical (unpaired) electrons. The molecule has 118 valence electrons. The number of aryl methyl sites for hydroxylation is 2. The molecule has 1 atom stereocenters. The lowest BCUT2D eigenvalue weighted by Gasteiger charge is -2.19. The Morgan fingerprint density at radius 2 is 2.27 bits per heavy atom. The summed E-state index contributed by atoms with van der Waals surface area (Å²) in [5.74, 6) is -0.675. The van der Waals surface area contributed by atoms with E-state index in [0.29, 0.717) is 23.2 Å². The first-order valence-corrected chi connectivity index (χ1v) is 8.61. The SMILES string of the molecule is CCCCn1c(C)nc2sc3c(c2c1=O)C(C(=O)O)CCC3. The van der Waals surface area contributed by atoms with Gasteiger partial charge in [0, 0.05) is 11.4 Å². The number of carboxylic acid groups (broad SMARTS) is 1. The molecule has 1 N–H and O–H groups in total. The van der Waals surface area contributed by atoms with Crippen LogP contribution >= 0.6 is 11.3 Å². The van der Waals surface area contributed by atoms with E-state index in [0.717, 1.165) is 41.9 Å². The van der Waals surface area contributed by atoms with Crippen LogP contribution in [0.5, 0.6) is 0 Å². The molecule has 1 aliphatic carbocycles. The number of hydrogen-bond acceptors (Lipinski definition) is 4. The Balaban J connectivity index is 2.26. The molecule has 0 aliphatic heterocycles. The number of rotatable bonds is 4. The molecule has 2 aromatic heterocycles. The molecule has 0 fully saturated rings. The predicted octanol–water partition coefficient (Wildman–Crippen LogP) is 3.07. The number of nitrogens with zero attached hydrogens (tertiary/aromatic N) is 2. The van der Waals surface area contributed by atoms with Crippen LogP contribution in [0.4, 0.5) is 0 Å². The van der Waals surface area contributed by atoms with Crippen molar-refractivity contribution in [3.63, 3.8) is 0 Å². The first-order chi connectivity index (χ1) is 10.5. The average molecular weight is 320 g/mol. The highest BCUT2D eigenvalue weighted by atomic mass is 32.1. The van der Waals surface area contributed by atoms with Crippen molar-refractivity contribution in [2.75, 3.05) is 0 Å². The molecule has 0 bridgehead atoms. The second-order valence-corrected chi connectivity index (χ2v) is 6.96. The van der Waals surface area contributed by atoms with Crippen LogP contribution in [0.25, 0.3) is 10.2 Å². The summed E-state index contributed by atoms with van der Waals surface area (Å²) in [4.78, 5) is 30.8. The van der Waals surface area contributed by atoms with Crippen LogP contribution in [0.15, 0.2) is 4.79 Å². The molecule has 0 saturated carbocycles. The van der Waals surface area contributed by atoms with E-state index in [1.807, 2.05) is 6.92 Å². The minimum Gasteiger partial charge on any atom is -0.481 e. The summed E-state index contributed by atoms with van der Waals surface area (Å²) < 4.78 is 1.70. The van der Waals surface area contributed by atoms with Crippen LogP contribution in [-0.4, -0.2) is 20.6 Å². The number of fused-ring (bicyclic) bond motifs is 3. The van der Waals surface area contributed by atoms with Crippen molar-refractivity contribution in [3.05, 3.63) is 26.6 Å². The number of aromatic nitrogens is 2. The largest absolute Gasteiger partial charge is 0.481 e. The van der Waals surface area contributed by atoms with Gasteiger partial charge in [-0.15, -0.1) is 11.3 Å². The molecule has 1 unspecified atom stereocenters. The van der Waals surface area contributed by atoms with E-state index in [-0.39, 0.29) is 5.56 Å². The fourth-order valence-corrected chi connectivity index (χ4v) is 4.55. The number of aliphatic carboxylic acids is 1. The quantitative estimate of drug-likeness (QED) is 0.939. The first kappa shape index (κ1) is 15.2. The normalized spacial score (nSPS) is 17.6. The molecule has 2 aromatic rings. The van der Waals surface area contributed by atoms with Crippen LogP contribution in [0.1, 0.15) is 54.8 Å². The van der Waals surface area contributed by atoms with E-state index in [1.165, 1.54) is 11.3 Å². The van der Waals surface area contributed by atoms with Gasteiger partial charge in [0.15, 0.2) is 0 Å². The lowest BCUT2D eigenvalue weighted by molar-refractivity contribution is -0.139. The molecule has 3 rings (SSSR count). The van der Waals surface area contributed by atoms with Crippen molar-refractivity contribution < 1.29 is 9.90 Å². The monoisotopic (exact) mass is 320 g/mol. The standard InChI is InChI=1S/C16H20N2O3S/c1-3-4-8-18-9(2)17-14-13(15(18)19)12-10(16(20)21)6-5-7-11(12)22-14/h10H,3-8H2,1-2H3,(H,20,21). The third-order valence-electron chi connectivity index (χ3n) is 4.39. The lowest BCUT2D eigenvalue weighted by atomic mass is 9.86. The van der Waals surface area contributed by atoms with Crippen molar-refractivity contribution in [1.29, 1.82) is 0 Å². The second kappa shape index (κ2) is 5.83. The fourth-order valence-electron chi connectivity index (χ4n) is 3.24. The summed E-state index contributed by atoms with van der Waals surface area (Å²) in [6.07, 6.45) is 4.25. The van der Waals surface area contributed by atoms with Crippen molar-refractivity contribution in [2.45, 2.75) is 58.4 Å². The molecule has 5 nitrogen and oxygen atoms in total. The molecule has 0 spiro atoms. The average Bonchev–Trinajstić information content (AvgIpc) is 2.84. The van der Waals surface area contributed by atoms with E-state index >= 15 is 0 Å². The van der Waals surface area contributed by atoms with Gasteiger partial charge in [0.1, 0.15) is 10.7 Å². The second-order valence-electron chi connectivity index (χ2n) is 5.87. The van der Waals surface area contributed by atoms with Crippen molar-refractivity contribution in [2.24, 2.45) is 0 Å². The van der Waals surface area contributed by atoms with E-state index in [9.17, 15) is 14.7 Å². The molecule has 2 heterocycles. The van der Waals surface area contributed by atoms with Crippen molar-refractivity contribution in [1.82, 2.24) is 9.55 Å². The maximum Gasteiger partial charge on any atom is 0.311 e. The third kappa shape index (κ3) is 2.35. The maximum absolute atomic E-state index is 12.9. The van der Waals surface area contributed by atoms with Gasteiger partial charge in [-0.3, -0.25) is 14.2 Å². The summed E-state index contributed by atoms with van der Waals surface area (Å²) >= 11 is 1.49. The molecule has 1 aliphatic rings. The Labute approximate surface area is 132 Å². The molecule has 0 amide bonds. The Morgan fingerprint density at radius 1 is 1.50 bits per heavy atom. The summed E-state index contributed by atoms with van der Waals surface area (Å²) in [6.45, 7) is 4.58. The van der Waals surface area contributed by atoms with Crippen LogP contribution < -0.4 is 5.56 Å². The van der Waals surface area contributed by atoms with Gasteiger partial charge in [0.25, 0.3) is 5.56 Å². The fraction of sp³-hybridized carbons (Fsp3) is 0.562. The Bertz CT molecular complexity index is 791. The molecule has 0 aromatic carbocycles. The van der Waals surface area contributed by atoms with Crippen LogP contribution in [0.2, 0.25) is 0 Å². The zero-order chi connectivity index (χ0) is 15.9. The Hall–Kier alpha value is -1.69. The molecular weight excluding hydrogens is 300 g/mol. The predicted molar refractivity (Wildman–Crippen MR) is 86.8 cm³/mol. The summed E-state index contributed by atoms with van der Waals surface area (Å²) in [5, 5.41) is 10.0. The van der Waals surface area contributed by atoms with E-state index in [4.69, 9.17) is 0 Å². The number of unbranched alkanes of at least 4 members (excludes halogenated alkanes) is 1. The highest BCUT2D eigenvalue weighted by Crippen LogP contribution is 2.40. The number of carboxylic acids is 1.